The van der Waals surface area contributed by atoms with E-state index in [9.17, 15) is 18.4 Å². The van der Waals surface area contributed by atoms with Gasteiger partial charge in [-0.05, 0) is 38.1 Å². The standard InChI is InChI=1S/C15H12F2O3/c1-8-5-11(9(2)20-8)15(19)7-14(18)10-3-4-12(16)13(17)6-10/h3-6H,7H2,1-2H3. The van der Waals surface area contributed by atoms with Crippen LogP contribution in [0.1, 0.15) is 38.7 Å². The molecule has 0 N–H and O–H groups in total. The lowest BCUT2D eigenvalue weighted by Crippen LogP contribution is -2.09. The Morgan fingerprint density at radius 3 is 2.30 bits per heavy atom. The van der Waals surface area contributed by atoms with Crippen LogP contribution in [0, 0.1) is 25.5 Å². The summed E-state index contributed by atoms with van der Waals surface area (Å²) in [5.41, 5.74) is 0.300. The Balaban J connectivity index is 2.17. The van der Waals surface area contributed by atoms with E-state index in [0.717, 1.165) is 18.2 Å². The van der Waals surface area contributed by atoms with Crippen molar-refractivity contribution in [2.24, 2.45) is 0 Å². The van der Waals surface area contributed by atoms with Crippen molar-refractivity contribution in [2.45, 2.75) is 20.3 Å². The number of furan rings is 1. The second-order valence-electron chi connectivity index (χ2n) is 4.48. The second-order valence-corrected chi connectivity index (χ2v) is 4.48. The van der Waals surface area contributed by atoms with Crippen LogP contribution in [0.25, 0.3) is 0 Å². The monoisotopic (exact) mass is 278 g/mol. The first-order valence-electron chi connectivity index (χ1n) is 5.97. The lowest BCUT2D eigenvalue weighted by atomic mass is 10.0. The van der Waals surface area contributed by atoms with Crippen molar-refractivity contribution in [1.82, 2.24) is 0 Å². The van der Waals surface area contributed by atoms with Crippen molar-refractivity contribution in [1.29, 1.82) is 0 Å². The molecule has 2 aromatic rings. The molecule has 0 aliphatic heterocycles. The summed E-state index contributed by atoms with van der Waals surface area (Å²) in [6.45, 7) is 3.32. The Bertz CT molecular complexity index is 686. The Labute approximate surface area is 114 Å². The van der Waals surface area contributed by atoms with E-state index in [2.05, 4.69) is 0 Å². The summed E-state index contributed by atoms with van der Waals surface area (Å²) < 4.78 is 31.0. The van der Waals surface area contributed by atoms with E-state index < -0.39 is 29.6 Å². The zero-order valence-corrected chi connectivity index (χ0v) is 11.0. The number of rotatable bonds is 4. The smallest absolute Gasteiger partial charge is 0.174 e. The maximum absolute atomic E-state index is 13.0. The lowest BCUT2D eigenvalue weighted by Gasteiger charge is -2.01. The van der Waals surface area contributed by atoms with Crippen LogP contribution in [0.5, 0.6) is 0 Å². The van der Waals surface area contributed by atoms with E-state index in [1.807, 2.05) is 0 Å². The first kappa shape index (κ1) is 14.1. The minimum atomic E-state index is -1.11. The zero-order chi connectivity index (χ0) is 14.9. The van der Waals surface area contributed by atoms with E-state index in [-0.39, 0.29) is 5.56 Å². The molecule has 0 atom stereocenters. The molecule has 104 valence electrons. The van der Waals surface area contributed by atoms with E-state index in [0.29, 0.717) is 17.1 Å². The van der Waals surface area contributed by atoms with Crippen molar-refractivity contribution in [3.63, 3.8) is 0 Å². The van der Waals surface area contributed by atoms with Crippen molar-refractivity contribution in [3.8, 4) is 0 Å². The van der Waals surface area contributed by atoms with Crippen LogP contribution < -0.4 is 0 Å². The molecule has 0 radical (unpaired) electrons. The number of Topliss-reactive ketones (excluding diaryl/α,β-unsaturated/α-hetero) is 2. The number of hydrogen-bond acceptors (Lipinski definition) is 3. The van der Waals surface area contributed by atoms with Gasteiger partial charge in [0.15, 0.2) is 23.2 Å². The van der Waals surface area contributed by atoms with Gasteiger partial charge in [0.25, 0.3) is 0 Å². The highest BCUT2D eigenvalue weighted by Crippen LogP contribution is 2.17. The van der Waals surface area contributed by atoms with Crippen molar-refractivity contribution in [3.05, 3.63) is 58.5 Å². The Morgan fingerprint density at radius 1 is 1.05 bits per heavy atom. The van der Waals surface area contributed by atoms with Gasteiger partial charge in [0.05, 0.1) is 12.0 Å². The molecule has 0 aliphatic carbocycles. The predicted molar refractivity (Wildman–Crippen MR) is 67.8 cm³/mol. The fourth-order valence-corrected chi connectivity index (χ4v) is 1.92. The van der Waals surface area contributed by atoms with Gasteiger partial charge in [-0.15, -0.1) is 0 Å². The average Bonchev–Trinajstić information content (AvgIpc) is 2.71. The third-order valence-corrected chi connectivity index (χ3v) is 2.90. The highest BCUT2D eigenvalue weighted by Gasteiger charge is 2.18. The summed E-state index contributed by atoms with van der Waals surface area (Å²) >= 11 is 0. The molecule has 1 aromatic heterocycles. The number of aryl methyl sites for hydroxylation is 2. The van der Waals surface area contributed by atoms with Gasteiger partial charge >= 0.3 is 0 Å². The highest BCUT2D eigenvalue weighted by atomic mass is 19.2. The maximum Gasteiger partial charge on any atom is 0.174 e. The highest BCUT2D eigenvalue weighted by molar-refractivity contribution is 6.13. The molecule has 0 saturated carbocycles. The molecular formula is C15H12F2O3. The quantitative estimate of drug-likeness (QED) is 0.633. The van der Waals surface area contributed by atoms with Crippen LogP contribution >= 0.6 is 0 Å². The van der Waals surface area contributed by atoms with E-state index in [4.69, 9.17) is 4.42 Å². The summed E-state index contributed by atoms with van der Waals surface area (Å²) in [5.74, 6) is -2.11. The Morgan fingerprint density at radius 2 is 1.75 bits per heavy atom. The predicted octanol–water partition coefficient (Wildman–Crippen LogP) is 3.63. The van der Waals surface area contributed by atoms with Crippen LogP contribution in [0.2, 0.25) is 0 Å². The molecule has 2 rings (SSSR count). The maximum atomic E-state index is 13.0. The van der Waals surface area contributed by atoms with Crippen LogP contribution in [-0.4, -0.2) is 11.6 Å². The average molecular weight is 278 g/mol. The molecule has 0 bridgehead atoms. The first-order chi connectivity index (χ1) is 9.38. The molecule has 0 aliphatic rings. The van der Waals surface area contributed by atoms with E-state index in [1.165, 1.54) is 0 Å². The molecule has 5 heteroatoms. The van der Waals surface area contributed by atoms with Gasteiger partial charge in [-0.1, -0.05) is 0 Å². The molecule has 20 heavy (non-hydrogen) atoms. The van der Waals surface area contributed by atoms with Crippen LogP contribution in [0.3, 0.4) is 0 Å². The molecule has 1 aromatic carbocycles. The lowest BCUT2D eigenvalue weighted by molar-refractivity contribution is 0.0893. The normalized spacial score (nSPS) is 10.6. The topological polar surface area (TPSA) is 47.3 Å². The van der Waals surface area contributed by atoms with Crippen molar-refractivity contribution >= 4 is 11.6 Å². The SMILES string of the molecule is Cc1cc(C(=O)CC(=O)c2ccc(F)c(F)c2)c(C)o1. The first-order valence-corrected chi connectivity index (χ1v) is 5.97. The number of benzene rings is 1. The van der Waals surface area contributed by atoms with Gasteiger partial charge in [0.1, 0.15) is 11.5 Å². The minimum absolute atomic E-state index is 0.0323. The van der Waals surface area contributed by atoms with Gasteiger partial charge in [-0.25, -0.2) is 8.78 Å². The van der Waals surface area contributed by atoms with Gasteiger partial charge in [0, 0.05) is 5.56 Å². The van der Waals surface area contributed by atoms with Crippen molar-refractivity contribution in [2.75, 3.05) is 0 Å². The summed E-state index contributed by atoms with van der Waals surface area (Å²) in [4.78, 5) is 23.8. The number of halogens is 2. The van der Waals surface area contributed by atoms with Crippen molar-refractivity contribution < 1.29 is 22.8 Å². The number of carbonyl (C=O) groups is 2. The number of ketones is 2. The van der Waals surface area contributed by atoms with Crippen LogP contribution in [-0.2, 0) is 0 Å². The zero-order valence-electron chi connectivity index (χ0n) is 11.0. The number of hydrogen-bond donors (Lipinski definition) is 0. The second kappa shape index (κ2) is 5.36. The van der Waals surface area contributed by atoms with Gasteiger partial charge in [-0.2, -0.15) is 0 Å². The third-order valence-electron chi connectivity index (χ3n) is 2.90. The molecule has 0 unspecified atom stereocenters. The van der Waals surface area contributed by atoms with Crippen LogP contribution in [0.15, 0.2) is 28.7 Å². The van der Waals surface area contributed by atoms with E-state index >= 15 is 0 Å². The summed E-state index contributed by atoms with van der Waals surface area (Å²) in [6, 6.07) is 4.36. The third kappa shape index (κ3) is 2.82. The van der Waals surface area contributed by atoms with Gasteiger partial charge in [0.2, 0.25) is 0 Å². The molecule has 0 fully saturated rings. The minimum Gasteiger partial charge on any atom is -0.466 e. The van der Waals surface area contributed by atoms with Gasteiger partial charge in [-0.3, -0.25) is 9.59 Å². The molecule has 0 spiro atoms. The summed E-state index contributed by atoms with van der Waals surface area (Å²) in [6.07, 6.45) is -0.412. The fraction of sp³-hybridized carbons (Fsp3) is 0.200. The van der Waals surface area contributed by atoms with Crippen LogP contribution in [0.4, 0.5) is 8.78 Å². The molecular weight excluding hydrogens is 266 g/mol. The Kier molecular flexibility index (Phi) is 3.79. The summed E-state index contributed by atoms with van der Waals surface area (Å²) in [7, 11) is 0. The summed E-state index contributed by atoms with van der Waals surface area (Å²) in [5, 5.41) is 0. The molecule has 0 amide bonds. The number of carbonyl (C=O) groups excluding carboxylic acids is 2. The largest absolute Gasteiger partial charge is 0.466 e. The van der Waals surface area contributed by atoms with Gasteiger partial charge < -0.3 is 4.42 Å². The molecule has 1 heterocycles. The fourth-order valence-electron chi connectivity index (χ4n) is 1.92. The molecule has 3 nitrogen and oxygen atoms in total. The Hall–Kier alpha value is -2.30. The molecule has 0 saturated heterocycles. The van der Waals surface area contributed by atoms with E-state index in [1.54, 1.807) is 19.9 Å².